The van der Waals surface area contributed by atoms with Crippen molar-refractivity contribution >= 4 is 23.4 Å². The molecule has 0 aliphatic rings. The predicted octanol–water partition coefficient (Wildman–Crippen LogP) is 3.29. The third-order valence-corrected chi connectivity index (χ3v) is 4.66. The van der Waals surface area contributed by atoms with Crippen LogP contribution in [0.4, 0.5) is 10.1 Å². The van der Waals surface area contributed by atoms with E-state index in [1.165, 1.54) is 46.5 Å². The second kappa shape index (κ2) is 8.67. The number of rotatable bonds is 6. The highest BCUT2D eigenvalue weighted by Crippen LogP contribution is 2.23. The third kappa shape index (κ3) is 4.14. The first-order chi connectivity index (χ1) is 16.2. The standard InChI is InChI=1S/C22H15FN8O2/c23-18-11-16(8-9-19(18)30-14-24-13-25-30)26-22(32)20(12-17-7-4-10-33-17)31-21(27-28-29-31)15-5-2-1-3-6-15/h1-14H,(H,26,32)/b20-12+. The van der Waals surface area contributed by atoms with E-state index in [9.17, 15) is 9.18 Å². The number of halogens is 1. The summed E-state index contributed by atoms with van der Waals surface area (Å²) in [6.45, 7) is 0. The number of benzene rings is 2. The summed E-state index contributed by atoms with van der Waals surface area (Å²) in [6, 6.07) is 16.8. The van der Waals surface area contributed by atoms with E-state index in [1.807, 2.05) is 30.3 Å². The lowest BCUT2D eigenvalue weighted by atomic mass is 10.2. The van der Waals surface area contributed by atoms with Crippen LogP contribution in [0, 0.1) is 5.82 Å². The average Bonchev–Trinajstić information content (AvgIpc) is 3.61. The first-order valence-electron chi connectivity index (χ1n) is 9.74. The van der Waals surface area contributed by atoms with Crippen LogP contribution < -0.4 is 5.32 Å². The Kier molecular flexibility index (Phi) is 5.25. The summed E-state index contributed by atoms with van der Waals surface area (Å²) in [5.74, 6) is -0.371. The van der Waals surface area contributed by atoms with Gasteiger partial charge in [-0.2, -0.15) is 9.78 Å². The molecule has 0 spiro atoms. The van der Waals surface area contributed by atoms with Crippen molar-refractivity contribution in [3.8, 4) is 17.1 Å². The molecule has 33 heavy (non-hydrogen) atoms. The van der Waals surface area contributed by atoms with E-state index in [1.54, 1.807) is 18.2 Å². The van der Waals surface area contributed by atoms with E-state index in [-0.39, 0.29) is 17.1 Å². The topological polar surface area (TPSA) is 117 Å². The number of nitrogens with zero attached hydrogens (tertiary/aromatic N) is 7. The Balaban J connectivity index is 1.50. The molecule has 0 radical (unpaired) electrons. The molecule has 11 heteroatoms. The van der Waals surface area contributed by atoms with E-state index in [0.717, 1.165) is 0 Å². The lowest BCUT2D eigenvalue weighted by molar-refractivity contribution is -0.111. The van der Waals surface area contributed by atoms with Crippen LogP contribution in [0.1, 0.15) is 5.76 Å². The Morgan fingerprint density at radius 3 is 2.70 bits per heavy atom. The van der Waals surface area contributed by atoms with Crippen molar-refractivity contribution in [1.29, 1.82) is 0 Å². The molecule has 1 N–H and O–H groups in total. The summed E-state index contributed by atoms with van der Waals surface area (Å²) in [4.78, 5) is 17.1. The molecule has 0 saturated heterocycles. The van der Waals surface area contributed by atoms with Gasteiger partial charge in [0.25, 0.3) is 5.91 Å². The minimum absolute atomic E-state index is 0.0783. The van der Waals surface area contributed by atoms with Crippen LogP contribution in [-0.4, -0.2) is 40.9 Å². The average molecular weight is 442 g/mol. The molecule has 2 aromatic carbocycles. The van der Waals surface area contributed by atoms with Gasteiger partial charge in [0.2, 0.25) is 0 Å². The summed E-state index contributed by atoms with van der Waals surface area (Å²) in [5, 5.41) is 18.4. The number of nitrogens with one attached hydrogen (secondary N) is 1. The van der Waals surface area contributed by atoms with Gasteiger partial charge in [-0.15, -0.1) is 5.10 Å². The van der Waals surface area contributed by atoms with Crippen LogP contribution in [-0.2, 0) is 4.79 Å². The fraction of sp³-hybridized carbons (Fsp3) is 0. The summed E-state index contributed by atoms with van der Waals surface area (Å²) in [7, 11) is 0. The molecule has 0 aliphatic carbocycles. The van der Waals surface area contributed by atoms with Gasteiger partial charge in [0.05, 0.1) is 6.26 Å². The van der Waals surface area contributed by atoms with Crippen LogP contribution in [0.15, 0.2) is 84.0 Å². The molecule has 0 bridgehead atoms. The van der Waals surface area contributed by atoms with E-state index in [2.05, 4.69) is 30.9 Å². The number of amides is 1. The highest BCUT2D eigenvalue weighted by Gasteiger charge is 2.20. The summed E-state index contributed by atoms with van der Waals surface area (Å²) < 4.78 is 22.6. The Hall–Kier alpha value is -4.93. The first kappa shape index (κ1) is 20.0. The number of hydrogen-bond acceptors (Lipinski definition) is 7. The first-order valence-corrected chi connectivity index (χ1v) is 9.74. The molecule has 3 aromatic heterocycles. The van der Waals surface area contributed by atoms with Gasteiger partial charge < -0.3 is 9.73 Å². The van der Waals surface area contributed by atoms with Crippen molar-refractivity contribution in [2.24, 2.45) is 0 Å². The summed E-state index contributed by atoms with van der Waals surface area (Å²) >= 11 is 0. The zero-order valence-corrected chi connectivity index (χ0v) is 16.9. The predicted molar refractivity (Wildman–Crippen MR) is 116 cm³/mol. The van der Waals surface area contributed by atoms with E-state index < -0.39 is 11.7 Å². The van der Waals surface area contributed by atoms with E-state index >= 15 is 0 Å². The number of hydrogen-bond donors (Lipinski definition) is 1. The quantitative estimate of drug-likeness (QED) is 0.401. The number of carbonyl (C=O) groups is 1. The fourth-order valence-corrected chi connectivity index (χ4v) is 3.15. The number of aromatic nitrogens is 7. The van der Waals surface area contributed by atoms with E-state index in [0.29, 0.717) is 17.1 Å². The molecule has 0 saturated carbocycles. The van der Waals surface area contributed by atoms with Gasteiger partial charge in [0.15, 0.2) is 11.6 Å². The highest BCUT2D eigenvalue weighted by molar-refractivity contribution is 6.24. The molecule has 0 unspecified atom stereocenters. The monoisotopic (exact) mass is 442 g/mol. The number of anilines is 1. The molecular weight excluding hydrogens is 427 g/mol. The zero-order chi connectivity index (χ0) is 22.6. The van der Waals surface area contributed by atoms with Crippen molar-refractivity contribution in [3.05, 3.63) is 91.2 Å². The number of tetrazole rings is 1. The van der Waals surface area contributed by atoms with Crippen LogP contribution in [0.5, 0.6) is 0 Å². The molecule has 5 rings (SSSR count). The van der Waals surface area contributed by atoms with Gasteiger partial charge in [0, 0.05) is 17.3 Å². The van der Waals surface area contributed by atoms with Crippen molar-refractivity contribution in [2.45, 2.75) is 0 Å². The Morgan fingerprint density at radius 1 is 1.09 bits per heavy atom. The van der Waals surface area contributed by atoms with Crippen molar-refractivity contribution < 1.29 is 13.6 Å². The number of carbonyl (C=O) groups excluding carboxylic acids is 1. The Labute approximate surface area is 186 Å². The largest absolute Gasteiger partial charge is 0.465 e. The molecule has 1 amide bonds. The molecule has 10 nitrogen and oxygen atoms in total. The minimum atomic E-state index is -0.581. The lowest BCUT2D eigenvalue weighted by Gasteiger charge is -2.11. The van der Waals surface area contributed by atoms with Crippen molar-refractivity contribution in [3.63, 3.8) is 0 Å². The Morgan fingerprint density at radius 2 is 1.97 bits per heavy atom. The maximum atomic E-state index is 14.6. The Bertz CT molecular complexity index is 1410. The van der Waals surface area contributed by atoms with Gasteiger partial charge in [-0.05, 0) is 40.8 Å². The van der Waals surface area contributed by atoms with Crippen LogP contribution in [0.25, 0.3) is 28.8 Å². The fourth-order valence-electron chi connectivity index (χ4n) is 3.15. The maximum Gasteiger partial charge on any atom is 0.274 e. The van der Waals surface area contributed by atoms with Gasteiger partial charge in [0.1, 0.15) is 29.8 Å². The molecular formula is C22H15FN8O2. The van der Waals surface area contributed by atoms with Gasteiger partial charge in [-0.3, -0.25) is 4.79 Å². The van der Waals surface area contributed by atoms with Gasteiger partial charge >= 0.3 is 0 Å². The summed E-state index contributed by atoms with van der Waals surface area (Å²) in [6.07, 6.45) is 5.66. The molecule has 0 aliphatic heterocycles. The maximum absolute atomic E-state index is 14.6. The van der Waals surface area contributed by atoms with Crippen molar-refractivity contribution in [1.82, 2.24) is 35.0 Å². The zero-order valence-electron chi connectivity index (χ0n) is 16.9. The lowest BCUT2D eigenvalue weighted by Crippen LogP contribution is -2.19. The minimum Gasteiger partial charge on any atom is -0.465 e. The van der Waals surface area contributed by atoms with E-state index in [4.69, 9.17) is 4.42 Å². The normalized spacial score (nSPS) is 11.5. The molecule has 3 heterocycles. The number of furan rings is 1. The molecule has 0 atom stereocenters. The molecule has 5 aromatic rings. The molecule has 162 valence electrons. The summed E-state index contributed by atoms with van der Waals surface area (Å²) in [5.41, 5.74) is 1.23. The third-order valence-electron chi connectivity index (χ3n) is 4.66. The highest BCUT2D eigenvalue weighted by atomic mass is 19.1. The van der Waals surface area contributed by atoms with Gasteiger partial charge in [-0.25, -0.2) is 14.1 Å². The van der Waals surface area contributed by atoms with Gasteiger partial charge in [-0.1, -0.05) is 30.3 Å². The van der Waals surface area contributed by atoms with Crippen LogP contribution in [0.3, 0.4) is 0 Å². The second-order valence-electron chi connectivity index (χ2n) is 6.79. The van der Waals surface area contributed by atoms with Crippen LogP contribution >= 0.6 is 0 Å². The smallest absolute Gasteiger partial charge is 0.274 e. The van der Waals surface area contributed by atoms with Crippen molar-refractivity contribution in [2.75, 3.05) is 5.32 Å². The SMILES string of the molecule is O=C(Nc1ccc(-n2cncn2)c(F)c1)/C(=C\c1ccco1)n1nnnc1-c1ccccc1. The second-order valence-corrected chi connectivity index (χ2v) is 6.79. The molecule has 0 fully saturated rings. The van der Waals surface area contributed by atoms with Crippen LogP contribution in [0.2, 0.25) is 0 Å².